The number of benzene rings is 1. The van der Waals surface area contributed by atoms with Crippen molar-refractivity contribution in [3.05, 3.63) is 71.5 Å². The van der Waals surface area contributed by atoms with Gasteiger partial charge in [-0.05, 0) is 42.5 Å². The van der Waals surface area contributed by atoms with Crippen LogP contribution in [0.15, 0.2) is 61.1 Å². The third-order valence-electron chi connectivity index (χ3n) is 3.27. The molecule has 0 fully saturated rings. The molecule has 122 valence electrons. The van der Waals surface area contributed by atoms with Gasteiger partial charge in [0.2, 0.25) is 5.91 Å². The van der Waals surface area contributed by atoms with E-state index in [0.29, 0.717) is 16.3 Å². The number of nitrogens with one attached hydrogen (secondary N) is 2. The summed E-state index contributed by atoms with van der Waals surface area (Å²) >= 11 is 6.75. The molecule has 0 saturated heterocycles. The third kappa shape index (κ3) is 4.33. The number of aromatic nitrogens is 3. The number of aromatic amines is 1. The Hall–Kier alpha value is -2.38. The standard InChI is InChI=1S/C17H16N4OS2/c22-16(12-24-11-14-4-1-2-7-18-14)20-13-5-3-6-15(10-13)21-9-8-19-17(21)23/h1-10H,11-12H2,(H,19,23)(H,20,22). The Morgan fingerprint density at radius 2 is 2.21 bits per heavy atom. The minimum Gasteiger partial charge on any atom is -0.337 e. The van der Waals surface area contributed by atoms with E-state index in [-0.39, 0.29) is 5.91 Å². The molecule has 2 heterocycles. The van der Waals surface area contributed by atoms with Crippen LogP contribution in [0.3, 0.4) is 0 Å². The minimum atomic E-state index is -0.0363. The van der Waals surface area contributed by atoms with Crippen molar-refractivity contribution in [2.75, 3.05) is 11.1 Å². The quantitative estimate of drug-likeness (QED) is 0.660. The fraction of sp³-hybridized carbons (Fsp3) is 0.118. The summed E-state index contributed by atoms with van der Waals surface area (Å²) in [6, 6.07) is 13.4. The molecular weight excluding hydrogens is 340 g/mol. The van der Waals surface area contributed by atoms with Crippen molar-refractivity contribution in [3.63, 3.8) is 0 Å². The van der Waals surface area contributed by atoms with Gasteiger partial charge in [-0.2, -0.15) is 0 Å². The Kier molecular flexibility index (Phi) is 5.45. The highest BCUT2D eigenvalue weighted by molar-refractivity contribution is 7.99. The molecule has 24 heavy (non-hydrogen) atoms. The summed E-state index contributed by atoms with van der Waals surface area (Å²) < 4.78 is 2.46. The molecule has 0 aliphatic rings. The van der Waals surface area contributed by atoms with Gasteiger partial charge in [-0.15, -0.1) is 11.8 Å². The Labute approximate surface area is 149 Å². The predicted molar refractivity (Wildman–Crippen MR) is 100.0 cm³/mol. The van der Waals surface area contributed by atoms with Gasteiger partial charge < -0.3 is 10.3 Å². The molecule has 0 spiro atoms. The van der Waals surface area contributed by atoms with Crippen LogP contribution >= 0.6 is 24.0 Å². The highest BCUT2D eigenvalue weighted by Crippen LogP contribution is 2.16. The third-order valence-corrected chi connectivity index (χ3v) is 4.55. The summed E-state index contributed by atoms with van der Waals surface area (Å²) in [5.74, 6) is 1.06. The Balaban J connectivity index is 1.57. The maximum absolute atomic E-state index is 12.1. The summed E-state index contributed by atoms with van der Waals surface area (Å²) in [6.45, 7) is 0. The van der Waals surface area contributed by atoms with Gasteiger partial charge in [0.25, 0.3) is 0 Å². The zero-order valence-corrected chi connectivity index (χ0v) is 14.4. The highest BCUT2D eigenvalue weighted by Gasteiger charge is 2.05. The predicted octanol–water partition coefficient (Wildman–Crippen LogP) is 3.80. The smallest absolute Gasteiger partial charge is 0.234 e. The van der Waals surface area contributed by atoms with Crippen LogP contribution in [0.25, 0.3) is 5.69 Å². The van der Waals surface area contributed by atoms with E-state index in [1.165, 1.54) is 11.8 Å². The average Bonchev–Trinajstić information content (AvgIpc) is 3.02. The molecule has 2 aromatic heterocycles. The number of rotatable bonds is 6. The molecule has 0 saturated carbocycles. The molecule has 0 aliphatic heterocycles. The molecular formula is C17H16N4OS2. The fourth-order valence-electron chi connectivity index (χ4n) is 2.19. The van der Waals surface area contributed by atoms with Gasteiger partial charge in [-0.3, -0.25) is 14.3 Å². The summed E-state index contributed by atoms with van der Waals surface area (Å²) in [7, 11) is 0. The number of thioether (sulfide) groups is 1. The second kappa shape index (κ2) is 7.94. The van der Waals surface area contributed by atoms with E-state index in [1.807, 2.05) is 53.2 Å². The number of amides is 1. The van der Waals surface area contributed by atoms with Crippen LogP contribution in [-0.2, 0) is 10.5 Å². The van der Waals surface area contributed by atoms with Crippen LogP contribution in [-0.4, -0.2) is 26.2 Å². The van der Waals surface area contributed by atoms with Gasteiger partial charge in [0.15, 0.2) is 4.77 Å². The van der Waals surface area contributed by atoms with Gasteiger partial charge in [-0.1, -0.05) is 12.1 Å². The lowest BCUT2D eigenvalue weighted by Gasteiger charge is -2.08. The second-order valence-electron chi connectivity index (χ2n) is 5.05. The van der Waals surface area contributed by atoms with Crippen molar-refractivity contribution in [1.29, 1.82) is 0 Å². The van der Waals surface area contributed by atoms with E-state index in [4.69, 9.17) is 12.2 Å². The number of imidazole rings is 1. The molecule has 7 heteroatoms. The van der Waals surface area contributed by atoms with Crippen LogP contribution in [0, 0.1) is 4.77 Å². The second-order valence-corrected chi connectivity index (χ2v) is 6.42. The monoisotopic (exact) mass is 356 g/mol. The van der Waals surface area contributed by atoms with Gasteiger partial charge in [0, 0.05) is 35.7 Å². The van der Waals surface area contributed by atoms with Crippen molar-refractivity contribution in [2.24, 2.45) is 0 Å². The minimum absolute atomic E-state index is 0.0363. The van der Waals surface area contributed by atoms with E-state index in [1.54, 1.807) is 12.4 Å². The van der Waals surface area contributed by atoms with Crippen LogP contribution in [0.1, 0.15) is 5.69 Å². The maximum atomic E-state index is 12.1. The number of H-pyrrole nitrogens is 1. The SMILES string of the molecule is O=C(CSCc1ccccn1)Nc1cccc(-n2cc[nH]c2=S)c1. The number of nitrogens with zero attached hydrogens (tertiary/aromatic N) is 2. The lowest BCUT2D eigenvalue weighted by molar-refractivity contribution is -0.113. The van der Waals surface area contributed by atoms with Crippen LogP contribution in [0.5, 0.6) is 0 Å². The summed E-state index contributed by atoms with van der Waals surface area (Å²) in [6.07, 6.45) is 5.39. The van der Waals surface area contributed by atoms with Crippen molar-refractivity contribution < 1.29 is 4.79 Å². The van der Waals surface area contributed by atoms with Crippen molar-refractivity contribution in [1.82, 2.24) is 14.5 Å². The molecule has 1 aromatic carbocycles. The number of carbonyl (C=O) groups excluding carboxylic acids is 1. The maximum Gasteiger partial charge on any atom is 0.234 e. The number of hydrogen-bond donors (Lipinski definition) is 2. The van der Waals surface area contributed by atoms with E-state index < -0.39 is 0 Å². The lowest BCUT2D eigenvalue weighted by Crippen LogP contribution is -2.14. The Morgan fingerprint density at radius 3 is 2.96 bits per heavy atom. The molecule has 0 atom stereocenters. The first-order valence-electron chi connectivity index (χ1n) is 7.36. The number of pyridine rings is 1. The lowest BCUT2D eigenvalue weighted by atomic mass is 10.2. The number of anilines is 1. The van der Waals surface area contributed by atoms with Crippen LogP contribution in [0.2, 0.25) is 0 Å². The van der Waals surface area contributed by atoms with E-state index in [2.05, 4.69) is 15.3 Å². The topological polar surface area (TPSA) is 62.7 Å². The fourth-order valence-corrected chi connectivity index (χ4v) is 3.16. The number of hydrogen-bond acceptors (Lipinski definition) is 4. The Morgan fingerprint density at radius 1 is 1.29 bits per heavy atom. The summed E-state index contributed by atoms with van der Waals surface area (Å²) in [5.41, 5.74) is 2.62. The zero-order valence-electron chi connectivity index (χ0n) is 12.8. The highest BCUT2D eigenvalue weighted by atomic mass is 32.2. The molecule has 1 amide bonds. The molecule has 0 radical (unpaired) electrons. The van der Waals surface area contributed by atoms with Gasteiger partial charge in [0.1, 0.15) is 0 Å². The van der Waals surface area contributed by atoms with E-state index in [9.17, 15) is 4.79 Å². The summed E-state index contributed by atoms with van der Waals surface area (Å²) in [5, 5.41) is 2.91. The average molecular weight is 356 g/mol. The molecule has 3 rings (SSSR count). The van der Waals surface area contributed by atoms with Crippen molar-refractivity contribution in [3.8, 4) is 5.69 Å². The first-order chi connectivity index (χ1) is 11.7. The Bertz CT molecular complexity index is 873. The van der Waals surface area contributed by atoms with Gasteiger partial charge in [-0.25, -0.2) is 0 Å². The van der Waals surface area contributed by atoms with Crippen LogP contribution < -0.4 is 5.32 Å². The summed E-state index contributed by atoms with van der Waals surface area (Å²) in [4.78, 5) is 19.3. The van der Waals surface area contributed by atoms with E-state index >= 15 is 0 Å². The molecule has 3 aromatic rings. The largest absolute Gasteiger partial charge is 0.337 e. The molecule has 0 bridgehead atoms. The van der Waals surface area contributed by atoms with Crippen molar-refractivity contribution >= 4 is 35.6 Å². The van der Waals surface area contributed by atoms with Gasteiger partial charge in [0.05, 0.1) is 11.4 Å². The molecule has 0 aliphatic carbocycles. The molecule has 5 nitrogen and oxygen atoms in total. The first kappa shape index (κ1) is 16.5. The van der Waals surface area contributed by atoms with Gasteiger partial charge >= 0.3 is 0 Å². The zero-order chi connectivity index (χ0) is 16.8. The van der Waals surface area contributed by atoms with Crippen LogP contribution in [0.4, 0.5) is 5.69 Å². The molecule has 2 N–H and O–H groups in total. The molecule has 0 unspecified atom stereocenters. The van der Waals surface area contributed by atoms with E-state index in [0.717, 1.165) is 17.1 Å². The number of carbonyl (C=O) groups is 1. The normalized spacial score (nSPS) is 10.5. The van der Waals surface area contributed by atoms with Crippen molar-refractivity contribution in [2.45, 2.75) is 5.75 Å². The first-order valence-corrected chi connectivity index (χ1v) is 8.92.